The maximum absolute atomic E-state index is 12.4. The molecule has 0 atom stereocenters. The lowest BCUT2D eigenvalue weighted by Gasteiger charge is -2.38. The number of hydrogen-bond acceptors (Lipinski definition) is 4. The molecule has 0 spiro atoms. The van der Waals surface area contributed by atoms with E-state index in [0.717, 1.165) is 25.9 Å². The number of likely N-dealkylation sites (tertiary alicyclic amines) is 1. The van der Waals surface area contributed by atoms with Gasteiger partial charge in [-0.3, -0.25) is 9.69 Å². The van der Waals surface area contributed by atoms with E-state index in [9.17, 15) is 9.90 Å². The summed E-state index contributed by atoms with van der Waals surface area (Å²) in [6, 6.07) is 0. The molecule has 0 aromatic carbocycles. The predicted octanol–water partition coefficient (Wildman–Crippen LogP) is 1.11. The third-order valence-electron chi connectivity index (χ3n) is 4.94. The van der Waals surface area contributed by atoms with Gasteiger partial charge in [-0.15, -0.1) is 0 Å². The van der Waals surface area contributed by atoms with Gasteiger partial charge in [0.1, 0.15) is 0 Å². The minimum absolute atomic E-state index is 0.137. The highest BCUT2D eigenvalue weighted by Crippen LogP contribution is 2.30. The summed E-state index contributed by atoms with van der Waals surface area (Å²) in [5.41, 5.74) is -0.165. The Morgan fingerprint density at radius 2 is 1.81 bits per heavy atom. The summed E-state index contributed by atoms with van der Waals surface area (Å²) < 4.78 is 5.38. The Hall–Kier alpha value is -0.650. The van der Waals surface area contributed by atoms with Gasteiger partial charge in [0.2, 0.25) is 5.91 Å². The summed E-state index contributed by atoms with van der Waals surface area (Å²) in [5.74, 6) is 0.177. The minimum atomic E-state index is -0.165. The molecule has 0 saturated carbocycles. The van der Waals surface area contributed by atoms with Crippen molar-refractivity contribution in [3.63, 3.8) is 0 Å². The first kappa shape index (κ1) is 16.7. The number of aliphatic hydroxyl groups is 1. The van der Waals surface area contributed by atoms with Crippen molar-refractivity contribution in [3.8, 4) is 0 Å². The van der Waals surface area contributed by atoms with Crippen LogP contribution in [0.15, 0.2) is 0 Å². The van der Waals surface area contributed by atoms with Crippen LogP contribution < -0.4 is 0 Å². The van der Waals surface area contributed by atoms with E-state index < -0.39 is 0 Å². The summed E-state index contributed by atoms with van der Waals surface area (Å²) in [5, 5.41) is 9.73. The van der Waals surface area contributed by atoms with E-state index in [4.69, 9.17) is 4.74 Å². The average Bonchev–Trinajstić information content (AvgIpc) is 2.76. The maximum Gasteiger partial charge on any atom is 0.236 e. The third kappa shape index (κ3) is 4.94. The maximum atomic E-state index is 12.4. The largest absolute Gasteiger partial charge is 0.396 e. The van der Waals surface area contributed by atoms with Crippen LogP contribution in [0.25, 0.3) is 0 Å². The molecule has 0 aliphatic carbocycles. The summed E-state index contributed by atoms with van der Waals surface area (Å²) in [4.78, 5) is 16.5. The fourth-order valence-electron chi connectivity index (χ4n) is 3.37. The van der Waals surface area contributed by atoms with Gasteiger partial charge in [0.25, 0.3) is 0 Å². The van der Waals surface area contributed by atoms with Crippen molar-refractivity contribution < 1.29 is 14.6 Å². The lowest BCUT2D eigenvalue weighted by atomic mass is 9.80. The van der Waals surface area contributed by atoms with Crippen LogP contribution >= 0.6 is 0 Å². The summed E-state index contributed by atoms with van der Waals surface area (Å²) >= 11 is 0. The second-order valence-corrected chi connectivity index (χ2v) is 6.71. The van der Waals surface area contributed by atoms with E-state index in [-0.39, 0.29) is 17.9 Å². The van der Waals surface area contributed by atoms with Gasteiger partial charge in [-0.1, -0.05) is 12.8 Å². The van der Waals surface area contributed by atoms with E-state index in [0.29, 0.717) is 26.3 Å². The highest BCUT2D eigenvalue weighted by atomic mass is 16.5. The molecule has 2 fully saturated rings. The zero-order chi connectivity index (χ0) is 15.1. The zero-order valence-corrected chi connectivity index (χ0v) is 13.4. The lowest BCUT2D eigenvalue weighted by molar-refractivity contribution is -0.134. The van der Waals surface area contributed by atoms with E-state index in [2.05, 4.69) is 4.90 Å². The van der Waals surface area contributed by atoms with Crippen LogP contribution in [0.1, 0.15) is 38.5 Å². The van der Waals surface area contributed by atoms with Gasteiger partial charge in [-0.2, -0.15) is 0 Å². The van der Waals surface area contributed by atoms with Crippen molar-refractivity contribution in [2.24, 2.45) is 5.41 Å². The van der Waals surface area contributed by atoms with Crippen LogP contribution in [-0.2, 0) is 9.53 Å². The molecule has 2 heterocycles. The van der Waals surface area contributed by atoms with Crippen LogP contribution in [0, 0.1) is 5.41 Å². The van der Waals surface area contributed by atoms with Crippen molar-refractivity contribution >= 4 is 5.91 Å². The van der Waals surface area contributed by atoms with Crippen LogP contribution in [-0.4, -0.2) is 73.9 Å². The fraction of sp³-hybridized carbons (Fsp3) is 0.938. The monoisotopic (exact) mass is 298 g/mol. The van der Waals surface area contributed by atoms with Gasteiger partial charge >= 0.3 is 0 Å². The molecule has 5 nitrogen and oxygen atoms in total. The number of likely N-dealkylation sites (N-methyl/N-ethyl adjacent to an activating group) is 1. The number of aliphatic hydroxyl groups excluding tert-OH is 1. The Balaban J connectivity index is 1.83. The first-order valence-electron chi connectivity index (χ1n) is 8.30. The van der Waals surface area contributed by atoms with E-state index >= 15 is 0 Å². The smallest absolute Gasteiger partial charge is 0.236 e. The van der Waals surface area contributed by atoms with Gasteiger partial charge in [-0.05, 0) is 38.8 Å². The Morgan fingerprint density at radius 1 is 1.19 bits per heavy atom. The first-order valence-corrected chi connectivity index (χ1v) is 8.30. The number of rotatable bonds is 5. The predicted molar refractivity (Wildman–Crippen MR) is 82.1 cm³/mol. The minimum Gasteiger partial charge on any atom is -0.396 e. The molecule has 2 saturated heterocycles. The molecule has 1 amide bonds. The summed E-state index contributed by atoms with van der Waals surface area (Å²) in [6.45, 7) is 4.76. The third-order valence-corrected chi connectivity index (χ3v) is 4.94. The molecular weight excluding hydrogens is 268 g/mol. The van der Waals surface area contributed by atoms with Gasteiger partial charge in [-0.25, -0.2) is 0 Å². The molecule has 0 unspecified atom stereocenters. The molecule has 2 rings (SSSR count). The van der Waals surface area contributed by atoms with Crippen molar-refractivity contribution in [2.45, 2.75) is 38.5 Å². The first-order chi connectivity index (χ1) is 10.2. The van der Waals surface area contributed by atoms with Crippen molar-refractivity contribution in [1.82, 2.24) is 9.80 Å². The Kier molecular flexibility index (Phi) is 6.45. The topological polar surface area (TPSA) is 53.0 Å². The SMILES string of the molecule is CN(CC1(CO)CCOCC1)C(=O)CN1CCCCCC1. The number of nitrogens with zero attached hydrogens (tertiary/aromatic N) is 2. The van der Waals surface area contributed by atoms with Crippen molar-refractivity contribution in [3.05, 3.63) is 0 Å². The van der Waals surface area contributed by atoms with E-state index in [1.54, 1.807) is 0 Å². The van der Waals surface area contributed by atoms with Crippen molar-refractivity contribution in [2.75, 3.05) is 53.0 Å². The molecule has 122 valence electrons. The van der Waals surface area contributed by atoms with Gasteiger partial charge in [0.05, 0.1) is 13.2 Å². The van der Waals surface area contributed by atoms with Crippen LogP contribution in [0.3, 0.4) is 0 Å². The van der Waals surface area contributed by atoms with Crippen molar-refractivity contribution in [1.29, 1.82) is 0 Å². The molecule has 2 aliphatic heterocycles. The number of amides is 1. The van der Waals surface area contributed by atoms with Crippen LogP contribution in [0.2, 0.25) is 0 Å². The summed E-state index contributed by atoms with van der Waals surface area (Å²) in [6.07, 6.45) is 6.65. The Bertz CT molecular complexity index is 321. The van der Waals surface area contributed by atoms with E-state index in [1.165, 1.54) is 25.7 Å². The highest BCUT2D eigenvalue weighted by molar-refractivity contribution is 5.78. The van der Waals surface area contributed by atoms with Gasteiger partial charge in [0, 0.05) is 32.2 Å². The van der Waals surface area contributed by atoms with E-state index in [1.807, 2.05) is 11.9 Å². The number of ether oxygens (including phenoxy) is 1. The second-order valence-electron chi connectivity index (χ2n) is 6.71. The number of carbonyl (C=O) groups excluding carboxylic acids is 1. The van der Waals surface area contributed by atoms with Gasteiger partial charge in [0.15, 0.2) is 0 Å². The number of carbonyl (C=O) groups is 1. The molecule has 0 bridgehead atoms. The fourth-order valence-corrected chi connectivity index (χ4v) is 3.37. The molecule has 5 heteroatoms. The second kappa shape index (κ2) is 8.11. The normalized spacial score (nSPS) is 23.5. The molecular formula is C16H30N2O3. The van der Waals surface area contributed by atoms with Crippen LogP contribution in [0.5, 0.6) is 0 Å². The molecule has 2 aliphatic rings. The molecule has 0 aromatic heterocycles. The Labute approximate surface area is 128 Å². The molecule has 0 radical (unpaired) electrons. The molecule has 21 heavy (non-hydrogen) atoms. The molecule has 0 aromatic rings. The quantitative estimate of drug-likeness (QED) is 0.826. The highest BCUT2D eigenvalue weighted by Gasteiger charge is 2.34. The molecule has 1 N–H and O–H groups in total. The summed E-state index contributed by atoms with van der Waals surface area (Å²) in [7, 11) is 1.87. The van der Waals surface area contributed by atoms with Crippen LogP contribution in [0.4, 0.5) is 0 Å². The standard InChI is InChI=1S/C16H30N2O3/c1-17(13-16(14-19)6-10-21-11-7-16)15(20)12-18-8-4-2-3-5-9-18/h19H,2-14H2,1H3. The number of hydrogen-bond donors (Lipinski definition) is 1. The average molecular weight is 298 g/mol. The zero-order valence-electron chi connectivity index (χ0n) is 13.4. The van der Waals surface area contributed by atoms with Gasteiger partial charge < -0.3 is 14.7 Å². The Morgan fingerprint density at radius 3 is 2.38 bits per heavy atom. The lowest BCUT2D eigenvalue weighted by Crippen LogP contribution is -2.47.